The molecule has 0 radical (unpaired) electrons. The fourth-order valence-electron chi connectivity index (χ4n) is 3.34. The summed E-state index contributed by atoms with van der Waals surface area (Å²) < 4.78 is 6.40. The van der Waals surface area contributed by atoms with E-state index in [1.807, 2.05) is 38.1 Å². The summed E-state index contributed by atoms with van der Waals surface area (Å²) in [6.07, 6.45) is 2.47. The molecule has 2 aromatic heterocycles. The maximum absolute atomic E-state index is 13.0. The lowest BCUT2D eigenvalue weighted by atomic mass is 10.1. The number of anilines is 1. The zero-order chi connectivity index (χ0) is 18.8. The third kappa shape index (κ3) is 4.02. The van der Waals surface area contributed by atoms with Crippen LogP contribution in [-0.4, -0.2) is 45.5 Å². The summed E-state index contributed by atoms with van der Waals surface area (Å²) >= 11 is 2.94. The Hall–Kier alpha value is -1.90. The number of nitrogens with one attached hydrogen (secondary N) is 2. The van der Waals surface area contributed by atoms with Crippen LogP contribution in [0.5, 0.6) is 0 Å². The molecule has 1 saturated heterocycles. The van der Waals surface area contributed by atoms with E-state index < -0.39 is 0 Å². The smallest absolute Gasteiger partial charge is 0.206 e. The molecule has 2 N–H and O–H groups in total. The first kappa shape index (κ1) is 18.5. The van der Waals surface area contributed by atoms with Gasteiger partial charge in [0.1, 0.15) is 0 Å². The molecule has 1 aliphatic rings. The zero-order valence-electron chi connectivity index (χ0n) is 15.3. The first-order valence-electron chi connectivity index (χ1n) is 9.09. The van der Waals surface area contributed by atoms with Gasteiger partial charge in [-0.25, -0.2) is 0 Å². The van der Waals surface area contributed by atoms with E-state index in [2.05, 4.69) is 20.5 Å². The van der Waals surface area contributed by atoms with E-state index in [1.54, 1.807) is 0 Å². The van der Waals surface area contributed by atoms with Crippen molar-refractivity contribution in [2.45, 2.75) is 42.4 Å². The molecule has 0 bridgehead atoms. The number of hydrogen-bond acceptors (Lipinski definition) is 7. The molecule has 142 valence electrons. The lowest BCUT2D eigenvalue weighted by Gasteiger charge is -2.09. The molecular formula is C19H22N4O2S2. The number of carbonyl (C=O) groups excluding carboxylic acids is 1. The second-order valence-electron chi connectivity index (χ2n) is 6.68. The van der Waals surface area contributed by atoms with Crippen LogP contribution < -0.4 is 5.32 Å². The van der Waals surface area contributed by atoms with Crippen molar-refractivity contribution >= 4 is 44.9 Å². The number of ether oxygens (including phenoxy) is 1. The summed E-state index contributed by atoms with van der Waals surface area (Å²) in [4.78, 5) is 16.3. The molecule has 0 aliphatic carbocycles. The molecule has 0 unspecified atom stereocenters. The Morgan fingerprint density at radius 3 is 3.11 bits per heavy atom. The average molecular weight is 403 g/mol. The molecule has 1 aromatic carbocycles. The average Bonchev–Trinajstić information content (AvgIpc) is 3.38. The molecule has 0 amide bonds. The number of fused-ring (bicyclic) bond motifs is 1. The Morgan fingerprint density at radius 2 is 2.30 bits per heavy atom. The van der Waals surface area contributed by atoms with Gasteiger partial charge in [-0.05, 0) is 32.8 Å². The molecule has 3 aromatic rings. The third-order valence-corrected chi connectivity index (χ3v) is 6.76. The molecule has 0 saturated carbocycles. The van der Waals surface area contributed by atoms with E-state index in [9.17, 15) is 4.79 Å². The normalized spacial score (nSPS) is 18.1. The van der Waals surface area contributed by atoms with Gasteiger partial charge in [-0.15, -0.1) is 10.2 Å². The van der Waals surface area contributed by atoms with Crippen molar-refractivity contribution < 1.29 is 9.53 Å². The Morgan fingerprint density at radius 1 is 1.44 bits per heavy atom. The quantitative estimate of drug-likeness (QED) is 0.453. The van der Waals surface area contributed by atoms with Crippen molar-refractivity contribution in [3.8, 4) is 0 Å². The Kier molecular flexibility index (Phi) is 5.47. The van der Waals surface area contributed by atoms with Crippen molar-refractivity contribution in [1.82, 2.24) is 15.2 Å². The minimum Gasteiger partial charge on any atom is -0.376 e. The molecule has 27 heavy (non-hydrogen) atoms. The number of aromatic amines is 1. The van der Waals surface area contributed by atoms with Gasteiger partial charge in [0.2, 0.25) is 5.13 Å². The van der Waals surface area contributed by atoms with Crippen LogP contribution in [0.25, 0.3) is 10.9 Å². The van der Waals surface area contributed by atoms with Gasteiger partial charge < -0.3 is 15.0 Å². The number of nitrogens with zero attached hydrogens (tertiary/aromatic N) is 2. The van der Waals surface area contributed by atoms with Gasteiger partial charge in [-0.1, -0.05) is 41.3 Å². The number of aryl methyl sites for hydroxylation is 1. The van der Waals surface area contributed by atoms with Crippen LogP contribution in [0, 0.1) is 6.92 Å². The van der Waals surface area contributed by atoms with Crippen LogP contribution in [0.4, 0.5) is 5.13 Å². The molecule has 1 fully saturated rings. The number of carbonyl (C=O) groups is 1. The fraction of sp³-hybridized carbons (Fsp3) is 0.421. The Bertz CT molecular complexity index is 946. The summed E-state index contributed by atoms with van der Waals surface area (Å²) in [5.74, 6) is 0.110. The second kappa shape index (κ2) is 8.00. The molecule has 2 atom stereocenters. The van der Waals surface area contributed by atoms with Gasteiger partial charge >= 0.3 is 0 Å². The van der Waals surface area contributed by atoms with Gasteiger partial charge in [-0.3, -0.25) is 4.79 Å². The highest BCUT2D eigenvalue weighted by molar-refractivity contribution is 8.02. The molecule has 8 heteroatoms. The number of rotatable bonds is 7. The summed E-state index contributed by atoms with van der Waals surface area (Å²) in [6.45, 7) is 5.47. The largest absolute Gasteiger partial charge is 0.376 e. The van der Waals surface area contributed by atoms with Crippen molar-refractivity contribution in [3.05, 3.63) is 35.5 Å². The highest BCUT2D eigenvalue weighted by Crippen LogP contribution is 2.32. The maximum Gasteiger partial charge on any atom is 0.206 e. The number of hydrogen-bond donors (Lipinski definition) is 2. The van der Waals surface area contributed by atoms with E-state index >= 15 is 0 Å². The summed E-state index contributed by atoms with van der Waals surface area (Å²) in [5, 5.41) is 13.2. The number of thioether (sulfide) groups is 1. The highest BCUT2D eigenvalue weighted by Gasteiger charge is 2.24. The van der Waals surface area contributed by atoms with E-state index in [1.165, 1.54) is 23.1 Å². The van der Waals surface area contributed by atoms with E-state index in [-0.39, 0.29) is 17.1 Å². The topological polar surface area (TPSA) is 79.9 Å². The lowest BCUT2D eigenvalue weighted by molar-refractivity contribution is 0.0995. The number of H-pyrrole nitrogens is 1. The van der Waals surface area contributed by atoms with Gasteiger partial charge in [-0.2, -0.15) is 0 Å². The second-order valence-corrected chi connectivity index (χ2v) is 9.25. The van der Waals surface area contributed by atoms with Crippen LogP contribution in [0.3, 0.4) is 0 Å². The van der Waals surface area contributed by atoms with Gasteiger partial charge in [0.25, 0.3) is 0 Å². The fourth-order valence-corrected chi connectivity index (χ4v) is 5.30. The molecule has 6 nitrogen and oxygen atoms in total. The molecule has 1 aliphatic heterocycles. The SMILES string of the molecule is Cc1[nH]c2ccccc2c1C(=O)[C@H](C)Sc1nnc(NC[C@@H]2CCCO2)s1. The first-order chi connectivity index (χ1) is 13.1. The molecule has 3 heterocycles. The van der Waals surface area contributed by atoms with Crippen LogP contribution in [0.15, 0.2) is 28.6 Å². The van der Waals surface area contributed by atoms with Crippen LogP contribution in [0.2, 0.25) is 0 Å². The van der Waals surface area contributed by atoms with Crippen LogP contribution >= 0.6 is 23.1 Å². The number of para-hydroxylation sites is 1. The Balaban J connectivity index is 1.41. The minimum atomic E-state index is -0.234. The van der Waals surface area contributed by atoms with Gasteiger partial charge in [0.15, 0.2) is 10.1 Å². The number of aromatic nitrogens is 3. The number of benzene rings is 1. The summed E-state index contributed by atoms with van der Waals surface area (Å²) in [5.41, 5.74) is 2.67. The third-order valence-electron chi connectivity index (χ3n) is 4.70. The molecule has 0 spiro atoms. The number of Topliss-reactive ketones (excluding diaryl/α,β-unsaturated/α-hetero) is 1. The lowest BCUT2D eigenvalue weighted by Crippen LogP contribution is -2.18. The predicted molar refractivity (Wildman–Crippen MR) is 110 cm³/mol. The highest BCUT2D eigenvalue weighted by atomic mass is 32.2. The summed E-state index contributed by atoms with van der Waals surface area (Å²) in [7, 11) is 0. The molecule has 4 rings (SSSR count). The van der Waals surface area contributed by atoms with E-state index in [0.29, 0.717) is 0 Å². The predicted octanol–water partition coefficient (Wildman–Crippen LogP) is 4.28. The van der Waals surface area contributed by atoms with E-state index in [0.717, 1.165) is 57.6 Å². The summed E-state index contributed by atoms with van der Waals surface area (Å²) in [6, 6.07) is 7.91. The first-order valence-corrected chi connectivity index (χ1v) is 10.8. The van der Waals surface area contributed by atoms with Crippen LogP contribution in [-0.2, 0) is 4.74 Å². The van der Waals surface area contributed by atoms with E-state index in [4.69, 9.17) is 4.74 Å². The monoisotopic (exact) mass is 402 g/mol. The zero-order valence-corrected chi connectivity index (χ0v) is 17.0. The van der Waals surface area contributed by atoms with Crippen molar-refractivity contribution in [2.24, 2.45) is 0 Å². The van der Waals surface area contributed by atoms with Crippen molar-refractivity contribution in [3.63, 3.8) is 0 Å². The minimum absolute atomic E-state index is 0.110. The van der Waals surface area contributed by atoms with Gasteiger partial charge in [0.05, 0.1) is 11.4 Å². The number of ketones is 1. The Labute approximate surface area is 166 Å². The molecular weight excluding hydrogens is 380 g/mol. The van der Waals surface area contributed by atoms with Crippen LogP contribution in [0.1, 0.15) is 35.8 Å². The van der Waals surface area contributed by atoms with Gasteiger partial charge in [0, 0.05) is 35.3 Å². The maximum atomic E-state index is 13.0. The van der Waals surface area contributed by atoms with Crippen molar-refractivity contribution in [2.75, 3.05) is 18.5 Å². The van der Waals surface area contributed by atoms with Crippen molar-refractivity contribution in [1.29, 1.82) is 0 Å². The standard InChI is InChI=1S/C19H22N4O2S2/c1-11-16(14-7-3-4-8-15(14)21-11)17(24)12(2)26-19-23-22-18(27-19)20-10-13-6-5-9-25-13/h3-4,7-8,12-13,21H,5-6,9-10H2,1-2H3,(H,20,22)/t12-,13-/m0/s1.